The third kappa shape index (κ3) is 6.17. The van der Waals surface area contributed by atoms with Crippen LogP contribution in [-0.2, 0) is 26.7 Å². The Balaban J connectivity index is 0.000000194. The Morgan fingerprint density at radius 1 is 0.745 bits per heavy atom. The van der Waals surface area contributed by atoms with Crippen LogP contribution in [0, 0.1) is 26.0 Å². The fraction of sp³-hybridized carbons (Fsp3) is 0.179. The summed E-state index contributed by atoms with van der Waals surface area (Å²) in [5.41, 5.74) is 9.29. The maximum Gasteiger partial charge on any atom is 0.216 e. The number of benzene rings is 3. The number of hydrogen-bond donors (Lipinski definition) is 0. The van der Waals surface area contributed by atoms with E-state index in [0.29, 0.717) is 5.71 Å². The van der Waals surface area contributed by atoms with Gasteiger partial charge in [0.25, 0.3) is 0 Å². The van der Waals surface area contributed by atoms with Crippen LogP contribution >= 0.6 is 0 Å². The minimum Gasteiger partial charge on any atom is -0.486 e. The Labute approximate surface area is 289 Å². The quantitative estimate of drug-likeness (QED) is 0.131. The van der Waals surface area contributed by atoms with Crippen LogP contribution in [0.5, 0.6) is 0 Å². The van der Waals surface area contributed by atoms with Crippen LogP contribution in [0.4, 0.5) is 0 Å². The number of pyridine rings is 3. The van der Waals surface area contributed by atoms with Gasteiger partial charge in [-0.05, 0) is 68.1 Å². The second-order valence-corrected chi connectivity index (χ2v) is 17.7. The molecule has 0 atom stereocenters. The van der Waals surface area contributed by atoms with Crippen molar-refractivity contribution in [2.45, 2.75) is 47.0 Å². The van der Waals surface area contributed by atoms with Crippen molar-refractivity contribution in [3.8, 4) is 22.6 Å². The van der Waals surface area contributed by atoms with E-state index in [-0.39, 0.29) is 20.1 Å². The zero-order valence-corrected chi connectivity index (χ0v) is 30.7. The molecule has 3 aromatic carbocycles. The fourth-order valence-electron chi connectivity index (χ4n) is 5.86. The molecular weight excluding hydrogens is 775 g/mol. The Bertz CT molecular complexity index is 2360. The summed E-state index contributed by atoms with van der Waals surface area (Å²) < 4.78 is 8.44. The first-order valence-electron chi connectivity index (χ1n) is 15.6. The van der Waals surface area contributed by atoms with E-state index in [9.17, 15) is 0 Å². The molecule has 5 heterocycles. The molecule has 0 fully saturated rings. The first kappa shape index (κ1) is 32.4. The largest absolute Gasteiger partial charge is 0.486 e. The molecule has 8 heteroatoms. The molecule has 0 saturated heterocycles. The maximum absolute atomic E-state index is 6.21. The van der Waals surface area contributed by atoms with Gasteiger partial charge in [0.15, 0.2) is 0 Å². The van der Waals surface area contributed by atoms with Crippen molar-refractivity contribution < 1.29 is 24.5 Å². The number of aryl methyl sites for hydroxylation is 3. The Morgan fingerprint density at radius 3 is 2.21 bits per heavy atom. The summed E-state index contributed by atoms with van der Waals surface area (Å²) in [5.74, 6) is 0.849. The molecule has 6 nitrogen and oxygen atoms in total. The van der Waals surface area contributed by atoms with Crippen LogP contribution in [0.1, 0.15) is 18.3 Å². The van der Waals surface area contributed by atoms with Gasteiger partial charge in [0.1, 0.15) is 0 Å². The first-order valence-corrected chi connectivity index (χ1v) is 19.1. The van der Waals surface area contributed by atoms with Gasteiger partial charge in [0.2, 0.25) is 5.71 Å². The van der Waals surface area contributed by atoms with Gasteiger partial charge in [0.05, 0.1) is 36.0 Å². The molecule has 0 saturated carbocycles. The number of hydrogen-bond acceptors (Lipinski definition) is 5. The van der Waals surface area contributed by atoms with E-state index >= 15 is 0 Å². The third-order valence-electron chi connectivity index (χ3n) is 8.30. The standard InChI is InChI=1S/C25H19N4O.C14H16NSi.Ir/c1-4-29-22-18-11-9-14(2)26-20(18)12-13-21(22)28-24(29)19-7-5-6-16-17-10-8-15(3)27-25(17)30-23(16)19;1-16(2,3)13-9-10-14(15-11-13)12-7-5-4-6-8-12;/h5-6,8-13H,4H2,1-3H3;4-7,9-11H,1-3H3;/q2*-1;. The molecule has 237 valence electrons. The van der Waals surface area contributed by atoms with Gasteiger partial charge >= 0.3 is 0 Å². The van der Waals surface area contributed by atoms with Crippen LogP contribution in [0.15, 0.2) is 95.5 Å². The van der Waals surface area contributed by atoms with Crippen molar-refractivity contribution >= 4 is 57.3 Å². The van der Waals surface area contributed by atoms with Crippen molar-refractivity contribution in [2.24, 2.45) is 0 Å². The van der Waals surface area contributed by atoms with Crippen molar-refractivity contribution in [3.05, 3.63) is 115 Å². The fourth-order valence-corrected chi connectivity index (χ4v) is 6.90. The molecule has 0 aliphatic carbocycles. The van der Waals surface area contributed by atoms with Gasteiger partial charge in [0, 0.05) is 55.0 Å². The summed E-state index contributed by atoms with van der Waals surface area (Å²) in [5, 5.41) is 4.54. The van der Waals surface area contributed by atoms with E-state index in [1.165, 1.54) is 5.19 Å². The summed E-state index contributed by atoms with van der Waals surface area (Å²) >= 11 is 0. The van der Waals surface area contributed by atoms with E-state index < -0.39 is 8.07 Å². The minimum atomic E-state index is -1.23. The van der Waals surface area contributed by atoms with E-state index in [0.717, 1.165) is 78.9 Å². The third-order valence-corrected chi connectivity index (χ3v) is 10.3. The van der Waals surface area contributed by atoms with Crippen LogP contribution in [0.3, 0.4) is 0 Å². The monoisotopic (exact) mass is 810 g/mol. The predicted octanol–water partition coefficient (Wildman–Crippen LogP) is 9.07. The Morgan fingerprint density at radius 2 is 1.51 bits per heavy atom. The average Bonchev–Trinajstić information content (AvgIpc) is 3.63. The molecular formula is C39H35IrN5OSi-2. The molecule has 8 rings (SSSR count). The van der Waals surface area contributed by atoms with Gasteiger partial charge in [-0.15, -0.1) is 54.1 Å². The molecule has 0 bridgehead atoms. The van der Waals surface area contributed by atoms with Crippen LogP contribution in [-0.4, -0.2) is 32.6 Å². The molecule has 1 radical (unpaired) electrons. The van der Waals surface area contributed by atoms with Gasteiger partial charge in [-0.25, -0.2) is 4.98 Å². The van der Waals surface area contributed by atoms with Crippen LogP contribution < -0.4 is 5.19 Å². The summed E-state index contributed by atoms with van der Waals surface area (Å²) in [7, 11) is -1.23. The number of fused-ring (bicyclic) bond motifs is 6. The number of furan rings is 1. The molecule has 0 aliphatic heterocycles. The molecule has 0 spiro atoms. The summed E-state index contributed by atoms with van der Waals surface area (Å²) in [6.45, 7) is 13.9. The first-order chi connectivity index (χ1) is 22.2. The van der Waals surface area contributed by atoms with Gasteiger partial charge < -0.3 is 14.0 Å². The minimum absolute atomic E-state index is 0. The van der Waals surface area contributed by atoms with E-state index in [4.69, 9.17) is 14.4 Å². The topological polar surface area (TPSA) is 69.6 Å². The van der Waals surface area contributed by atoms with Crippen LogP contribution in [0.2, 0.25) is 19.6 Å². The van der Waals surface area contributed by atoms with E-state index in [1.54, 1.807) is 0 Å². The smallest absolute Gasteiger partial charge is 0.216 e. The molecule has 5 aromatic heterocycles. The molecule has 0 unspecified atom stereocenters. The van der Waals surface area contributed by atoms with E-state index in [1.807, 2.05) is 74.6 Å². The molecule has 0 N–H and O–H groups in total. The average molecular weight is 810 g/mol. The zero-order chi connectivity index (χ0) is 32.0. The predicted molar refractivity (Wildman–Crippen MR) is 191 cm³/mol. The number of imidazole rings is 1. The van der Waals surface area contributed by atoms with Crippen LogP contribution in [0.25, 0.3) is 66.7 Å². The van der Waals surface area contributed by atoms with Crippen molar-refractivity contribution in [1.82, 2.24) is 24.5 Å². The Hall–Kier alpha value is -4.49. The molecule has 0 aliphatic rings. The number of aromatic nitrogens is 5. The van der Waals surface area contributed by atoms with Gasteiger partial charge in [-0.3, -0.25) is 9.97 Å². The molecule has 47 heavy (non-hydrogen) atoms. The summed E-state index contributed by atoms with van der Waals surface area (Å²) in [4.78, 5) is 18.8. The van der Waals surface area contributed by atoms with Crippen molar-refractivity contribution in [3.63, 3.8) is 0 Å². The number of nitrogens with zero attached hydrogens (tertiary/aromatic N) is 5. The van der Waals surface area contributed by atoms with E-state index in [2.05, 4.69) is 83.6 Å². The second-order valence-electron chi connectivity index (χ2n) is 12.6. The Kier molecular flexibility index (Phi) is 8.94. The molecule has 8 aromatic rings. The maximum atomic E-state index is 6.21. The second kappa shape index (κ2) is 13.0. The summed E-state index contributed by atoms with van der Waals surface area (Å²) in [6, 6.07) is 35.1. The van der Waals surface area contributed by atoms with Crippen molar-refractivity contribution in [1.29, 1.82) is 0 Å². The zero-order valence-electron chi connectivity index (χ0n) is 27.3. The van der Waals surface area contributed by atoms with Gasteiger partial charge in [-0.1, -0.05) is 42.7 Å². The van der Waals surface area contributed by atoms with Crippen molar-refractivity contribution in [2.75, 3.05) is 0 Å². The summed E-state index contributed by atoms with van der Waals surface area (Å²) in [6.07, 6.45) is 2.02. The SMILES string of the molecule is CCn1c(-c2[c-]ccc3c2oc2nc(C)ccc23)nc2ccc3nc(C)ccc3c21.C[Si](C)(C)c1ccc(-c2[c-]cccc2)nc1.[Ir]. The number of rotatable bonds is 4. The molecule has 0 amide bonds. The normalized spacial score (nSPS) is 11.5. The van der Waals surface area contributed by atoms with Gasteiger partial charge in [-0.2, -0.15) is 0 Å².